The van der Waals surface area contributed by atoms with Gasteiger partial charge >= 0.3 is 11.9 Å². The predicted octanol–water partition coefficient (Wildman–Crippen LogP) is 5.12. The predicted molar refractivity (Wildman–Crippen MR) is 203 cm³/mol. The largest absolute Gasteiger partial charge is 0.491 e. The van der Waals surface area contributed by atoms with Crippen molar-refractivity contribution in [1.29, 1.82) is 0 Å². The average molecular weight is 761 g/mol. The molecule has 0 saturated heterocycles. The molecule has 13 nitrogen and oxygen atoms in total. The maximum atomic E-state index is 11.3. The van der Waals surface area contributed by atoms with Gasteiger partial charge in [0.25, 0.3) is 0 Å². The highest BCUT2D eigenvalue weighted by molar-refractivity contribution is 5.87. The van der Waals surface area contributed by atoms with Gasteiger partial charge in [0.2, 0.25) is 0 Å². The standard InChI is InChI=1S/C41H60O13/c1-33(2)39(42)53-31-27-49-23-19-45-16-15-44-17-21-47-25-29-51-37-11-7-35(8-12-37)41(5,6)36-9-13-38(14-10-36)52-30-26-48-22-18-46-20-24-50-28-32-54-40(43)34(3)4/h7-14H,1,3,15-32H2,2,4-6H3. The first-order valence-corrected chi connectivity index (χ1v) is 18.3. The fraction of sp³-hybridized carbons (Fsp3) is 0.561. The molecular formula is C41H60O13. The summed E-state index contributed by atoms with van der Waals surface area (Å²) in [4.78, 5) is 22.5. The Labute approximate surface area is 320 Å². The summed E-state index contributed by atoms with van der Waals surface area (Å²) in [5.41, 5.74) is 2.85. The summed E-state index contributed by atoms with van der Waals surface area (Å²) in [6.07, 6.45) is 0. The lowest BCUT2D eigenvalue weighted by molar-refractivity contribution is -0.141. The highest BCUT2D eigenvalue weighted by Gasteiger charge is 2.23. The first-order chi connectivity index (χ1) is 26.1. The third-order valence-electron chi connectivity index (χ3n) is 7.62. The molecule has 0 spiro atoms. The zero-order valence-corrected chi connectivity index (χ0v) is 32.6. The van der Waals surface area contributed by atoms with Crippen molar-refractivity contribution in [2.75, 3.05) is 119 Å². The molecule has 302 valence electrons. The van der Waals surface area contributed by atoms with Crippen LogP contribution in [0.2, 0.25) is 0 Å². The van der Waals surface area contributed by atoms with E-state index < -0.39 is 11.9 Å². The number of esters is 2. The Hall–Kier alpha value is -3.82. The van der Waals surface area contributed by atoms with Gasteiger partial charge in [-0.1, -0.05) is 51.3 Å². The molecule has 2 rings (SSSR count). The molecule has 0 fully saturated rings. The lowest BCUT2D eigenvalue weighted by Gasteiger charge is -2.26. The van der Waals surface area contributed by atoms with Crippen LogP contribution in [0.1, 0.15) is 38.8 Å². The first-order valence-electron chi connectivity index (χ1n) is 18.3. The number of hydrogen-bond donors (Lipinski definition) is 0. The molecule has 0 radical (unpaired) electrons. The topological polar surface area (TPSA) is 136 Å². The molecule has 0 bridgehead atoms. The molecule has 0 aromatic heterocycles. The molecular weight excluding hydrogens is 700 g/mol. The quantitative estimate of drug-likeness (QED) is 0.0542. The summed E-state index contributed by atoms with van der Waals surface area (Å²) < 4.78 is 59.9. The third kappa shape index (κ3) is 21.2. The van der Waals surface area contributed by atoms with Crippen LogP contribution in [0.3, 0.4) is 0 Å². The van der Waals surface area contributed by atoms with E-state index in [-0.39, 0.29) is 18.6 Å². The van der Waals surface area contributed by atoms with Gasteiger partial charge in [0, 0.05) is 16.6 Å². The summed E-state index contributed by atoms with van der Waals surface area (Å²) in [6, 6.07) is 16.3. The Balaban J connectivity index is 1.47. The Bertz CT molecular complexity index is 1330. The van der Waals surface area contributed by atoms with Crippen LogP contribution in [-0.4, -0.2) is 131 Å². The molecule has 0 N–H and O–H groups in total. The lowest BCUT2D eigenvalue weighted by Crippen LogP contribution is -2.19. The first kappa shape index (κ1) is 46.3. The van der Waals surface area contributed by atoms with Crippen molar-refractivity contribution < 1.29 is 61.7 Å². The van der Waals surface area contributed by atoms with Gasteiger partial charge in [0.1, 0.15) is 37.9 Å². The second kappa shape index (κ2) is 28.6. The van der Waals surface area contributed by atoms with Crippen molar-refractivity contribution in [2.24, 2.45) is 0 Å². The van der Waals surface area contributed by atoms with Crippen LogP contribution in [0, 0.1) is 0 Å². The van der Waals surface area contributed by atoms with Gasteiger partial charge in [0.15, 0.2) is 0 Å². The van der Waals surface area contributed by atoms with Gasteiger partial charge in [-0.15, -0.1) is 0 Å². The van der Waals surface area contributed by atoms with Crippen LogP contribution in [0.15, 0.2) is 72.8 Å². The van der Waals surface area contributed by atoms with Gasteiger partial charge in [-0.2, -0.15) is 0 Å². The monoisotopic (exact) mass is 760 g/mol. The number of rotatable bonds is 33. The number of carbonyl (C=O) groups excluding carboxylic acids is 2. The van der Waals surface area contributed by atoms with Crippen LogP contribution in [0.4, 0.5) is 0 Å². The van der Waals surface area contributed by atoms with Crippen molar-refractivity contribution in [1.82, 2.24) is 0 Å². The summed E-state index contributed by atoms with van der Waals surface area (Å²) in [5, 5.41) is 0. The van der Waals surface area contributed by atoms with E-state index in [0.29, 0.717) is 117 Å². The maximum absolute atomic E-state index is 11.3. The highest BCUT2D eigenvalue weighted by Crippen LogP contribution is 2.33. The van der Waals surface area contributed by atoms with Gasteiger partial charge in [-0.3, -0.25) is 0 Å². The molecule has 0 saturated carbocycles. The van der Waals surface area contributed by atoms with Crippen LogP contribution < -0.4 is 9.47 Å². The van der Waals surface area contributed by atoms with Gasteiger partial charge in [-0.25, -0.2) is 9.59 Å². The molecule has 2 aromatic carbocycles. The van der Waals surface area contributed by atoms with Gasteiger partial charge in [0.05, 0.1) is 92.5 Å². The Kier molecular flexibility index (Phi) is 24.5. The van der Waals surface area contributed by atoms with Crippen molar-refractivity contribution in [3.8, 4) is 11.5 Å². The van der Waals surface area contributed by atoms with E-state index in [9.17, 15) is 9.59 Å². The molecule has 13 heteroatoms. The van der Waals surface area contributed by atoms with Crippen LogP contribution in [-0.2, 0) is 57.6 Å². The molecule has 0 atom stereocenters. The van der Waals surface area contributed by atoms with Crippen molar-refractivity contribution in [3.63, 3.8) is 0 Å². The Morgan fingerprint density at radius 3 is 0.926 bits per heavy atom. The Morgan fingerprint density at radius 2 is 0.667 bits per heavy atom. The van der Waals surface area contributed by atoms with E-state index in [1.807, 2.05) is 24.3 Å². The Morgan fingerprint density at radius 1 is 0.426 bits per heavy atom. The summed E-state index contributed by atoms with van der Waals surface area (Å²) in [6.45, 7) is 21.9. The van der Waals surface area contributed by atoms with Crippen molar-refractivity contribution >= 4 is 11.9 Å². The molecule has 0 aliphatic carbocycles. The van der Waals surface area contributed by atoms with Gasteiger partial charge < -0.3 is 52.1 Å². The fourth-order valence-electron chi connectivity index (χ4n) is 4.48. The number of ether oxygens (including phenoxy) is 11. The van der Waals surface area contributed by atoms with E-state index >= 15 is 0 Å². The summed E-state index contributed by atoms with van der Waals surface area (Å²) in [5.74, 6) is 0.730. The minimum absolute atomic E-state index is 0.191. The van der Waals surface area contributed by atoms with E-state index in [4.69, 9.17) is 52.1 Å². The maximum Gasteiger partial charge on any atom is 0.333 e. The van der Waals surface area contributed by atoms with E-state index in [1.54, 1.807) is 13.8 Å². The van der Waals surface area contributed by atoms with Crippen molar-refractivity contribution in [3.05, 3.63) is 84.0 Å². The molecule has 2 aromatic rings. The second-order valence-corrected chi connectivity index (χ2v) is 12.5. The van der Waals surface area contributed by atoms with E-state index in [1.165, 1.54) is 11.1 Å². The van der Waals surface area contributed by atoms with Crippen molar-refractivity contribution in [2.45, 2.75) is 33.1 Å². The molecule has 0 amide bonds. The van der Waals surface area contributed by atoms with Gasteiger partial charge in [-0.05, 0) is 49.2 Å². The molecule has 0 aliphatic heterocycles. The molecule has 0 heterocycles. The highest BCUT2D eigenvalue weighted by atomic mass is 16.6. The number of hydrogen-bond acceptors (Lipinski definition) is 13. The minimum atomic E-state index is -0.417. The number of benzene rings is 2. The summed E-state index contributed by atoms with van der Waals surface area (Å²) in [7, 11) is 0. The van der Waals surface area contributed by atoms with Crippen LogP contribution in [0.5, 0.6) is 11.5 Å². The zero-order valence-electron chi connectivity index (χ0n) is 32.6. The number of carbonyl (C=O) groups is 2. The van der Waals surface area contributed by atoms with E-state index in [0.717, 1.165) is 11.5 Å². The fourth-order valence-corrected chi connectivity index (χ4v) is 4.48. The molecule has 0 unspecified atom stereocenters. The average Bonchev–Trinajstić information content (AvgIpc) is 3.16. The molecule has 54 heavy (non-hydrogen) atoms. The smallest absolute Gasteiger partial charge is 0.333 e. The zero-order chi connectivity index (χ0) is 39.3. The third-order valence-corrected chi connectivity index (χ3v) is 7.62. The van der Waals surface area contributed by atoms with Crippen LogP contribution in [0.25, 0.3) is 0 Å². The normalized spacial score (nSPS) is 11.3. The SMILES string of the molecule is C=C(C)C(=O)OCCOCCOCCOCCOCCOc1ccc(C(C)(C)c2ccc(OCCOCCOCCOCCOC(=O)C(=C)C)cc2)cc1. The van der Waals surface area contributed by atoms with E-state index in [2.05, 4.69) is 51.3 Å². The second-order valence-electron chi connectivity index (χ2n) is 12.5. The molecule has 0 aliphatic rings. The lowest BCUT2D eigenvalue weighted by atomic mass is 9.78. The summed E-state index contributed by atoms with van der Waals surface area (Å²) >= 11 is 0. The minimum Gasteiger partial charge on any atom is -0.491 e. The van der Waals surface area contributed by atoms with Crippen LogP contribution >= 0.6 is 0 Å².